The van der Waals surface area contributed by atoms with Crippen molar-refractivity contribution in [3.63, 3.8) is 0 Å². The molecule has 2 aromatic rings. The van der Waals surface area contributed by atoms with Gasteiger partial charge >= 0.3 is 0 Å². The summed E-state index contributed by atoms with van der Waals surface area (Å²) in [6.07, 6.45) is 6.69. The van der Waals surface area contributed by atoms with Crippen molar-refractivity contribution in [3.05, 3.63) is 36.5 Å². The quantitative estimate of drug-likeness (QED) is 0.872. The SMILES string of the molecule is CCNC(=O)c1cn(-c2ccc(NC(=O)C3CC3)cn2)cn1. The summed E-state index contributed by atoms with van der Waals surface area (Å²) in [5, 5.41) is 5.52. The number of hydrogen-bond acceptors (Lipinski definition) is 4. The summed E-state index contributed by atoms with van der Waals surface area (Å²) in [6.45, 7) is 2.41. The van der Waals surface area contributed by atoms with E-state index in [4.69, 9.17) is 0 Å². The van der Waals surface area contributed by atoms with Gasteiger partial charge in [-0.3, -0.25) is 14.2 Å². The molecule has 2 aromatic heterocycles. The van der Waals surface area contributed by atoms with Gasteiger partial charge in [0.1, 0.15) is 17.8 Å². The Bertz CT molecular complexity index is 688. The topological polar surface area (TPSA) is 88.9 Å². The fraction of sp³-hybridized carbons (Fsp3) is 0.333. The minimum Gasteiger partial charge on any atom is -0.351 e. The van der Waals surface area contributed by atoms with E-state index in [-0.39, 0.29) is 17.7 Å². The van der Waals surface area contributed by atoms with Crippen molar-refractivity contribution >= 4 is 17.5 Å². The molecule has 0 unspecified atom stereocenters. The largest absolute Gasteiger partial charge is 0.351 e. The fourth-order valence-electron chi connectivity index (χ4n) is 2.02. The van der Waals surface area contributed by atoms with Gasteiger partial charge in [0.15, 0.2) is 0 Å². The Balaban J connectivity index is 1.69. The molecule has 2 N–H and O–H groups in total. The number of carbonyl (C=O) groups is 2. The maximum absolute atomic E-state index is 11.7. The normalized spacial score (nSPS) is 13.7. The van der Waals surface area contributed by atoms with Gasteiger partial charge in [-0.25, -0.2) is 9.97 Å². The molecule has 2 amide bonds. The maximum atomic E-state index is 11.7. The Hall–Kier alpha value is -2.70. The first kappa shape index (κ1) is 14.2. The van der Waals surface area contributed by atoms with E-state index in [2.05, 4.69) is 20.6 Å². The van der Waals surface area contributed by atoms with Crippen LogP contribution in [0.15, 0.2) is 30.9 Å². The molecule has 22 heavy (non-hydrogen) atoms. The Morgan fingerprint density at radius 2 is 2.14 bits per heavy atom. The summed E-state index contributed by atoms with van der Waals surface area (Å²) in [5.41, 5.74) is 1.01. The van der Waals surface area contributed by atoms with Crippen LogP contribution < -0.4 is 10.6 Å². The third-order valence-electron chi connectivity index (χ3n) is 3.38. The molecule has 0 aliphatic heterocycles. The number of carbonyl (C=O) groups excluding carboxylic acids is 2. The van der Waals surface area contributed by atoms with Crippen LogP contribution >= 0.6 is 0 Å². The molecule has 0 aromatic carbocycles. The first-order valence-corrected chi connectivity index (χ1v) is 7.27. The lowest BCUT2D eigenvalue weighted by Gasteiger charge is -2.05. The first-order chi connectivity index (χ1) is 10.7. The molecule has 0 saturated heterocycles. The molecular formula is C15H17N5O2. The van der Waals surface area contributed by atoms with E-state index in [9.17, 15) is 9.59 Å². The molecule has 3 rings (SSSR count). The third-order valence-corrected chi connectivity index (χ3v) is 3.38. The number of nitrogens with one attached hydrogen (secondary N) is 2. The molecule has 1 aliphatic rings. The van der Waals surface area contributed by atoms with Crippen molar-refractivity contribution in [3.8, 4) is 5.82 Å². The van der Waals surface area contributed by atoms with Crippen LogP contribution in [0.3, 0.4) is 0 Å². The van der Waals surface area contributed by atoms with Gasteiger partial charge in [-0.2, -0.15) is 0 Å². The Morgan fingerprint density at radius 1 is 1.32 bits per heavy atom. The van der Waals surface area contributed by atoms with E-state index in [0.717, 1.165) is 12.8 Å². The molecule has 0 spiro atoms. The summed E-state index contributed by atoms with van der Waals surface area (Å²) in [5.74, 6) is 0.630. The van der Waals surface area contributed by atoms with Gasteiger partial charge in [-0.15, -0.1) is 0 Å². The predicted octanol–water partition coefficient (Wildman–Crippen LogP) is 1.37. The number of pyridine rings is 1. The van der Waals surface area contributed by atoms with Crippen molar-refractivity contribution < 1.29 is 9.59 Å². The number of amides is 2. The number of aromatic nitrogens is 3. The van der Waals surface area contributed by atoms with Gasteiger partial charge in [0.25, 0.3) is 5.91 Å². The van der Waals surface area contributed by atoms with Crippen LogP contribution in [-0.4, -0.2) is 32.9 Å². The highest BCUT2D eigenvalue weighted by atomic mass is 16.2. The molecule has 7 nitrogen and oxygen atoms in total. The highest BCUT2D eigenvalue weighted by Gasteiger charge is 2.29. The number of imidazole rings is 1. The van der Waals surface area contributed by atoms with E-state index in [0.29, 0.717) is 23.7 Å². The Morgan fingerprint density at radius 3 is 2.77 bits per heavy atom. The monoisotopic (exact) mass is 299 g/mol. The van der Waals surface area contributed by atoms with E-state index in [1.807, 2.05) is 6.92 Å². The van der Waals surface area contributed by atoms with Crippen LogP contribution in [0.1, 0.15) is 30.3 Å². The highest BCUT2D eigenvalue weighted by molar-refractivity contribution is 5.94. The van der Waals surface area contributed by atoms with Gasteiger partial charge in [-0.1, -0.05) is 0 Å². The van der Waals surface area contributed by atoms with E-state index in [1.54, 1.807) is 29.1 Å². The molecule has 1 aliphatic carbocycles. The number of hydrogen-bond donors (Lipinski definition) is 2. The zero-order valence-electron chi connectivity index (χ0n) is 12.2. The Kier molecular flexibility index (Phi) is 3.86. The minimum atomic E-state index is -0.213. The molecule has 7 heteroatoms. The molecule has 1 saturated carbocycles. The van der Waals surface area contributed by atoms with Crippen LogP contribution in [0.4, 0.5) is 5.69 Å². The molecule has 114 valence electrons. The van der Waals surface area contributed by atoms with Gasteiger partial charge < -0.3 is 10.6 Å². The predicted molar refractivity (Wildman–Crippen MR) is 80.7 cm³/mol. The van der Waals surface area contributed by atoms with Gasteiger partial charge in [0.2, 0.25) is 5.91 Å². The number of anilines is 1. The second-order valence-corrected chi connectivity index (χ2v) is 5.19. The summed E-state index contributed by atoms with van der Waals surface area (Å²) >= 11 is 0. The summed E-state index contributed by atoms with van der Waals surface area (Å²) in [4.78, 5) is 31.7. The highest BCUT2D eigenvalue weighted by Crippen LogP contribution is 2.30. The van der Waals surface area contributed by atoms with Crippen molar-refractivity contribution in [1.29, 1.82) is 0 Å². The smallest absolute Gasteiger partial charge is 0.271 e. The van der Waals surface area contributed by atoms with E-state index < -0.39 is 0 Å². The average Bonchev–Trinajstić information content (AvgIpc) is 3.26. The maximum Gasteiger partial charge on any atom is 0.271 e. The molecule has 0 bridgehead atoms. The van der Waals surface area contributed by atoms with Crippen LogP contribution in [0.25, 0.3) is 5.82 Å². The lowest BCUT2D eigenvalue weighted by Crippen LogP contribution is -2.22. The fourth-order valence-corrected chi connectivity index (χ4v) is 2.02. The molecule has 0 radical (unpaired) electrons. The molecule has 1 fully saturated rings. The minimum absolute atomic E-state index is 0.0516. The van der Waals surface area contributed by atoms with Crippen LogP contribution in [0.2, 0.25) is 0 Å². The zero-order valence-corrected chi connectivity index (χ0v) is 12.2. The van der Waals surface area contributed by atoms with E-state index in [1.165, 1.54) is 6.33 Å². The van der Waals surface area contributed by atoms with Crippen molar-refractivity contribution in [2.24, 2.45) is 5.92 Å². The van der Waals surface area contributed by atoms with Crippen LogP contribution in [-0.2, 0) is 4.79 Å². The van der Waals surface area contributed by atoms with Gasteiger partial charge in [0, 0.05) is 18.7 Å². The zero-order chi connectivity index (χ0) is 15.5. The first-order valence-electron chi connectivity index (χ1n) is 7.27. The number of rotatable bonds is 5. The second-order valence-electron chi connectivity index (χ2n) is 5.19. The van der Waals surface area contributed by atoms with E-state index >= 15 is 0 Å². The van der Waals surface area contributed by atoms with Crippen molar-refractivity contribution in [1.82, 2.24) is 19.9 Å². The molecular weight excluding hydrogens is 282 g/mol. The lowest BCUT2D eigenvalue weighted by molar-refractivity contribution is -0.117. The average molecular weight is 299 g/mol. The van der Waals surface area contributed by atoms with Crippen molar-refractivity contribution in [2.75, 3.05) is 11.9 Å². The third kappa shape index (κ3) is 3.13. The molecule has 0 atom stereocenters. The summed E-state index contributed by atoms with van der Waals surface area (Å²) in [7, 11) is 0. The van der Waals surface area contributed by atoms with Gasteiger partial charge in [-0.05, 0) is 31.9 Å². The standard InChI is InChI=1S/C15H17N5O2/c1-2-16-15(22)12-8-20(9-18-12)13-6-5-11(7-17-13)19-14(21)10-3-4-10/h5-10H,2-4H2,1H3,(H,16,22)(H,19,21). The lowest BCUT2D eigenvalue weighted by atomic mass is 10.3. The number of nitrogens with zero attached hydrogens (tertiary/aromatic N) is 3. The summed E-state index contributed by atoms with van der Waals surface area (Å²) < 4.78 is 1.66. The van der Waals surface area contributed by atoms with Crippen LogP contribution in [0.5, 0.6) is 0 Å². The van der Waals surface area contributed by atoms with Gasteiger partial charge in [0.05, 0.1) is 11.9 Å². The summed E-state index contributed by atoms with van der Waals surface area (Å²) in [6, 6.07) is 3.56. The Labute approximate surface area is 127 Å². The second kappa shape index (κ2) is 5.97. The van der Waals surface area contributed by atoms with Crippen molar-refractivity contribution in [2.45, 2.75) is 19.8 Å². The molecule has 2 heterocycles. The van der Waals surface area contributed by atoms with Crippen LogP contribution in [0, 0.1) is 5.92 Å².